The highest BCUT2D eigenvalue weighted by Crippen LogP contribution is 2.23. The van der Waals surface area contributed by atoms with Gasteiger partial charge in [-0.15, -0.1) is 0 Å². The molecule has 0 radical (unpaired) electrons. The fourth-order valence-electron chi connectivity index (χ4n) is 2.58. The second kappa shape index (κ2) is 5.48. The third-order valence-electron chi connectivity index (χ3n) is 3.78. The Bertz CT molecular complexity index is 425. The fourth-order valence-corrected chi connectivity index (χ4v) is 2.58. The highest BCUT2D eigenvalue weighted by Gasteiger charge is 2.22. The third kappa shape index (κ3) is 2.70. The molecule has 18 heavy (non-hydrogen) atoms. The van der Waals surface area contributed by atoms with Gasteiger partial charge in [0, 0.05) is 24.8 Å². The van der Waals surface area contributed by atoms with E-state index in [-0.39, 0.29) is 0 Å². The zero-order chi connectivity index (χ0) is 13.1. The van der Waals surface area contributed by atoms with Gasteiger partial charge in [0.15, 0.2) is 6.29 Å². The Labute approximate surface area is 109 Å². The second-order valence-corrected chi connectivity index (χ2v) is 5.17. The van der Waals surface area contributed by atoms with E-state index in [1.807, 2.05) is 13.0 Å². The van der Waals surface area contributed by atoms with Crippen LogP contribution in [0, 0.1) is 6.92 Å². The minimum absolute atomic E-state index is 0.550. The zero-order valence-corrected chi connectivity index (χ0v) is 11.4. The van der Waals surface area contributed by atoms with E-state index in [1.54, 1.807) is 6.20 Å². The lowest BCUT2D eigenvalue weighted by Gasteiger charge is -2.36. The van der Waals surface area contributed by atoms with Gasteiger partial charge in [0.1, 0.15) is 5.82 Å². The monoisotopic (exact) mass is 247 g/mol. The van der Waals surface area contributed by atoms with Crippen molar-refractivity contribution in [3.8, 4) is 0 Å². The number of pyridine rings is 1. The first-order valence-corrected chi connectivity index (χ1v) is 6.45. The average molecular weight is 247 g/mol. The Morgan fingerprint density at radius 3 is 2.67 bits per heavy atom. The number of aromatic nitrogens is 1. The lowest BCUT2D eigenvalue weighted by molar-refractivity contribution is 0.112. The van der Waals surface area contributed by atoms with Crippen molar-refractivity contribution in [1.82, 2.24) is 9.88 Å². The van der Waals surface area contributed by atoms with Crippen molar-refractivity contribution in [2.75, 3.05) is 32.1 Å². The molecule has 0 N–H and O–H groups in total. The van der Waals surface area contributed by atoms with Crippen LogP contribution in [-0.2, 0) is 0 Å². The summed E-state index contributed by atoms with van der Waals surface area (Å²) in [5.41, 5.74) is 1.72. The molecule has 1 aromatic rings. The van der Waals surface area contributed by atoms with E-state index in [2.05, 4.69) is 28.9 Å². The minimum Gasteiger partial charge on any atom is -0.356 e. The van der Waals surface area contributed by atoms with Gasteiger partial charge in [0.2, 0.25) is 0 Å². The third-order valence-corrected chi connectivity index (χ3v) is 3.78. The molecule has 0 atom stereocenters. The first-order valence-electron chi connectivity index (χ1n) is 6.45. The molecular weight excluding hydrogens is 226 g/mol. The number of aldehydes is 1. The van der Waals surface area contributed by atoms with Crippen LogP contribution in [0.4, 0.5) is 5.82 Å². The van der Waals surface area contributed by atoms with Crippen molar-refractivity contribution < 1.29 is 4.79 Å². The highest BCUT2D eigenvalue weighted by molar-refractivity contribution is 5.75. The first-order chi connectivity index (χ1) is 8.61. The number of hydrogen-bond donors (Lipinski definition) is 0. The summed E-state index contributed by atoms with van der Waals surface area (Å²) in [7, 11) is 4.27. The molecule has 1 aliphatic rings. The van der Waals surface area contributed by atoms with Gasteiger partial charge >= 0.3 is 0 Å². The van der Waals surface area contributed by atoms with Crippen LogP contribution in [0.2, 0.25) is 0 Å². The van der Waals surface area contributed by atoms with Crippen molar-refractivity contribution in [2.24, 2.45) is 0 Å². The Morgan fingerprint density at radius 2 is 2.11 bits per heavy atom. The molecule has 1 saturated heterocycles. The van der Waals surface area contributed by atoms with Crippen molar-refractivity contribution in [3.05, 3.63) is 23.4 Å². The molecule has 0 bridgehead atoms. The summed E-state index contributed by atoms with van der Waals surface area (Å²) in [5.74, 6) is 0.996. The van der Waals surface area contributed by atoms with E-state index >= 15 is 0 Å². The Kier molecular flexibility index (Phi) is 3.97. The van der Waals surface area contributed by atoms with Crippen LogP contribution in [0.25, 0.3) is 0 Å². The summed E-state index contributed by atoms with van der Waals surface area (Å²) in [4.78, 5) is 19.8. The molecule has 0 aliphatic carbocycles. The van der Waals surface area contributed by atoms with Gasteiger partial charge < -0.3 is 9.80 Å². The standard InChI is InChI=1S/C14H21N3O/c1-11-8-12(10-18)9-15-14(11)17(3)13-4-6-16(2)7-5-13/h8-10,13H,4-7H2,1-3H3. The summed E-state index contributed by atoms with van der Waals surface area (Å²) >= 11 is 0. The normalized spacial score (nSPS) is 17.7. The number of likely N-dealkylation sites (tertiary alicyclic amines) is 1. The van der Waals surface area contributed by atoms with Crippen LogP contribution in [0.15, 0.2) is 12.3 Å². The van der Waals surface area contributed by atoms with Gasteiger partial charge in [-0.25, -0.2) is 4.98 Å². The molecule has 98 valence electrons. The lowest BCUT2D eigenvalue weighted by atomic mass is 10.0. The molecule has 1 fully saturated rings. The van der Waals surface area contributed by atoms with Crippen LogP contribution in [0.1, 0.15) is 28.8 Å². The lowest BCUT2D eigenvalue weighted by Crippen LogP contribution is -2.42. The van der Waals surface area contributed by atoms with Crippen molar-refractivity contribution >= 4 is 12.1 Å². The number of nitrogens with zero attached hydrogens (tertiary/aromatic N) is 3. The summed E-state index contributed by atoms with van der Waals surface area (Å²) in [6.45, 7) is 4.29. The van der Waals surface area contributed by atoms with Crippen molar-refractivity contribution in [1.29, 1.82) is 0 Å². The molecule has 2 heterocycles. The summed E-state index contributed by atoms with van der Waals surface area (Å²) in [5, 5.41) is 0. The SMILES string of the molecule is Cc1cc(C=O)cnc1N(C)C1CCN(C)CC1. The maximum absolute atomic E-state index is 10.7. The number of hydrogen-bond acceptors (Lipinski definition) is 4. The second-order valence-electron chi connectivity index (χ2n) is 5.17. The number of rotatable bonds is 3. The van der Waals surface area contributed by atoms with Crippen LogP contribution >= 0.6 is 0 Å². The molecule has 4 nitrogen and oxygen atoms in total. The van der Waals surface area contributed by atoms with Gasteiger partial charge in [-0.3, -0.25) is 4.79 Å². The maximum atomic E-state index is 10.7. The topological polar surface area (TPSA) is 36.4 Å². The van der Waals surface area contributed by atoms with Gasteiger partial charge in [0.05, 0.1) is 0 Å². The van der Waals surface area contributed by atoms with E-state index in [0.717, 1.165) is 30.8 Å². The minimum atomic E-state index is 0.550. The van der Waals surface area contributed by atoms with Crippen molar-refractivity contribution in [3.63, 3.8) is 0 Å². The number of piperidine rings is 1. The number of carbonyl (C=O) groups excluding carboxylic acids is 1. The van der Waals surface area contributed by atoms with Gasteiger partial charge in [0.25, 0.3) is 0 Å². The van der Waals surface area contributed by atoms with Gasteiger partial charge in [-0.1, -0.05) is 0 Å². The molecule has 1 aromatic heterocycles. The number of aryl methyl sites for hydroxylation is 1. The largest absolute Gasteiger partial charge is 0.356 e. The summed E-state index contributed by atoms with van der Waals surface area (Å²) in [6.07, 6.45) is 4.84. The zero-order valence-electron chi connectivity index (χ0n) is 11.4. The molecule has 0 unspecified atom stereocenters. The molecule has 0 saturated carbocycles. The van der Waals surface area contributed by atoms with Gasteiger partial charge in [-0.2, -0.15) is 0 Å². The molecule has 0 spiro atoms. The van der Waals surface area contributed by atoms with E-state index in [4.69, 9.17) is 0 Å². The van der Waals surface area contributed by atoms with Crippen LogP contribution < -0.4 is 4.90 Å². The summed E-state index contributed by atoms with van der Waals surface area (Å²) in [6, 6.07) is 2.45. The molecular formula is C14H21N3O. The predicted octanol–water partition coefficient (Wildman–Crippen LogP) is 1.73. The van der Waals surface area contributed by atoms with Crippen LogP contribution in [0.5, 0.6) is 0 Å². The molecule has 0 aromatic carbocycles. The van der Waals surface area contributed by atoms with Gasteiger partial charge in [-0.05, 0) is 51.5 Å². The quantitative estimate of drug-likeness (QED) is 0.762. The summed E-state index contributed by atoms with van der Waals surface area (Å²) < 4.78 is 0. The van der Waals surface area contributed by atoms with E-state index in [1.165, 1.54) is 12.8 Å². The Hall–Kier alpha value is -1.42. The van der Waals surface area contributed by atoms with E-state index < -0.39 is 0 Å². The number of carbonyl (C=O) groups is 1. The molecule has 0 amide bonds. The highest BCUT2D eigenvalue weighted by atomic mass is 16.1. The maximum Gasteiger partial charge on any atom is 0.151 e. The molecule has 4 heteroatoms. The first kappa shape index (κ1) is 13.0. The smallest absolute Gasteiger partial charge is 0.151 e. The molecule has 2 rings (SSSR count). The van der Waals surface area contributed by atoms with E-state index in [0.29, 0.717) is 11.6 Å². The fraction of sp³-hybridized carbons (Fsp3) is 0.571. The molecule has 1 aliphatic heterocycles. The predicted molar refractivity (Wildman–Crippen MR) is 73.3 cm³/mol. The Balaban J connectivity index is 2.13. The number of anilines is 1. The van der Waals surface area contributed by atoms with Crippen LogP contribution in [-0.4, -0.2) is 49.4 Å². The van der Waals surface area contributed by atoms with Crippen LogP contribution in [0.3, 0.4) is 0 Å². The Morgan fingerprint density at radius 1 is 1.44 bits per heavy atom. The van der Waals surface area contributed by atoms with Crippen molar-refractivity contribution in [2.45, 2.75) is 25.8 Å². The van der Waals surface area contributed by atoms with E-state index in [9.17, 15) is 4.79 Å². The average Bonchev–Trinajstić information content (AvgIpc) is 2.38.